The van der Waals surface area contributed by atoms with Gasteiger partial charge in [0.25, 0.3) is 0 Å². The van der Waals surface area contributed by atoms with Gasteiger partial charge in [-0.25, -0.2) is 0 Å². The van der Waals surface area contributed by atoms with Crippen LogP contribution in [0.2, 0.25) is 0 Å². The number of hydrogen-bond acceptors (Lipinski definition) is 7. The maximum Gasteiger partial charge on any atom is 0.0229 e. The number of hydrogen-bond donors (Lipinski definition) is 4. The minimum absolute atomic E-state index is 0.606. The lowest BCUT2D eigenvalue weighted by molar-refractivity contribution is 1.06. The molecule has 0 aromatic carbocycles. The first-order valence-electron chi connectivity index (χ1n) is 6.39. The smallest absolute Gasteiger partial charge is 0.0229 e. The Bertz CT molecular complexity index is 203. The Kier molecular flexibility index (Phi) is 15.9. The molecule has 0 aromatic rings. The van der Waals surface area contributed by atoms with Crippen LogP contribution < -0.4 is 0 Å². The molecule has 19 heavy (non-hydrogen) atoms. The van der Waals surface area contributed by atoms with Gasteiger partial charge in [-0.1, -0.05) is 13.8 Å². The van der Waals surface area contributed by atoms with Gasteiger partial charge in [0, 0.05) is 55.5 Å². The third-order valence-corrected chi connectivity index (χ3v) is 9.90. The van der Waals surface area contributed by atoms with Crippen LogP contribution in [-0.2, 0) is 0 Å². The van der Waals surface area contributed by atoms with E-state index in [0.717, 1.165) is 28.8 Å². The number of thiol groups is 4. The molecule has 4 atom stereocenters. The molecule has 116 valence electrons. The molecule has 0 rings (SSSR count). The molecule has 0 saturated carbocycles. The van der Waals surface area contributed by atoms with Gasteiger partial charge < -0.3 is 0 Å². The summed E-state index contributed by atoms with van der Waals surface area (Å²) >= 11 is 23.7. The maximum absolute atomic E-state index is 4.48. The van der Waals surface area contributed by atoms with Crippen molar-refractivity contribution >= 4 is 85.8 Å². The highest BCUT2D eigenvalue weighted by molar-refractivity contribution is 8.06. The van der Waals surface area contributed by atoms with Crippen molar-refractivity contribution in [2.45, 2.75) is 34.8 Å². The molecule has 0 aliphatic heterocycles. The molecule has 7 heteroatoms. The first-order chi connectivity index (χ1) is 9.07. The summed E-state index contributed by atoms with van der Waals surface area (Å²) in [7, 11) is 0. The number of thioether (sulfide) groups is 3. The Morgan fingerprint density at radius 3 is 1.68 bits per heavy atom. The van der Waals surface area contributed by atoms with Crippen LogP contribution in [0, 0.1) is 0 Å². The van der Waals surface area contributed by atoms with Gasteiger partial charge in [-0.15, -0.1) is 0 Å². The van der Waals surface area contributed by atoms with Crippen LogP contribution in [0.25, 0.3) is 0 Å². The highest BCUT2D eigenvalue weighted by Gasteiger charge is 2.16. The van der Waals surface area contributed by atoms with Crippen molar-refractivity contribution in [3.8, 4) is 0 Å². The van der Waals surface area contributed by atoms with Crippen LogP contribution in [0.4, 0.5) is 0 Å². The van der Waals surface area contributed by atoms with Crippen LogP contribution in [0.1, 0.15) is 13.8 Å². The van der Waals surface area contributed by atoms with E-state index in [2.05, 4.69) is 64.4 Å². The second kappa shape index (κ2) is 14.1. The highest BCUT2D eigenvalue weighted by Crippen LogP contribution is 2.27. The van der Waals surface area contributed by atoms with Gasteiger partial charge in [-0.3, -0.25) is 0 Å². The summed E-state index contributed by atoms with van der Waals surface area (Å²) < 4.78 is 0. The van der Waals surface area contributed by atoms with Crippen LogP contribution in [0.15, 0.2) is 0 Å². The second-order valence-corrected chi connectivity index (χ2v) is 10.4. The van der Waals surface area contributed by atoms with Gasteiger partial charge >= 0.3 is 0 Å². The van der Waals surface area contributed by atoms with Crippen molar-refractivity contribution < 1.29 is 0 Å². The molecule has 0 nitrogen and oxygen atoms in total. The molecule has 0 spiro atoms. The standard InChI is InChI=1S/C12H26S7/c1-9(3-13)17-7-11(5-15)18-8-12(6-16)19-10(2)4-14/h9-16H,3-8H2,1-2H3. The summed E-state index contributed by atoms with van der Waals surface area (Å²) in [5.41, 5.74) is 0. The fourth-order valence-electron chi connectivity index (χ4n) is 1.23. The van der Waals surface area contributed by atoms with Crippen molar-refractivity contribution in [2.24, 2.45) is 0 Å². The fraction of sp³-hybridized carbons (Fsp3) is 1.00. The molecular weight excluding hydrogens is 369 g/mol. The SMILES string of the molecule is CC(CS)SCC(CS)SCC(CS)SC(C)CS. The lowest BCUT2D eigenvalue weighted by Gasteiger charge is -2.21. The third-order valence-electron chi connectivity index (χ3n) is 2.43. The summed E-state index contributed by atoms with van der Waals surface area (Å²) in [5, 5.41) is 2.48. The predicted molar refractivity (Wildman–Crippen MR) is 114 cm³/mol. The second-order valence-electron chi connectivity index (χ2n) is 4.40. The summed E-state index contributed by atoms with van der Waals surface area (Å²) in [6.07, 6.45) is 0. The van der Waals surface area contributed by atoms with Gasteiger partial charge in [0.05, 0.1) is 0 Å². The quantitative estimate of drug-likeness (QED) is 0.362. The molecule has 0 aliphatic carbocycles. The summed E-state index contributed by atoms with van der Waals surface area (Å²) in [6.45, 7) is 4.47. The highest BCUT2D eigenvalue weighted by atomic mass is 32.2. The zero-order chi connectivity index (χ0) is 14.7. The zero-order valence-corrected chi connectivity index (χ0v) is 17.6. The van der Waals surface area contributed by atoms with Crippen molar-refractivity contribution in [3.05, 3.63) is 0 Å². The van der Waals surface area contributed by atoms with Gasteiger partial charge in [-0.05, 0) is 0 Å². The predicted octanol–water partition coefficient (Wildman–Crippen LogP) is 4.42. The monoisotopic (exact) mass is 394 g/mol. The van der Waals surface area contributed by atoms with E-state index in [9.17, 15) is 0 Å². The minimum atomic E-state index is 0.606. The largest absolute Gasteiger partial charge is 0.178 e. The van der Waals surface area contributed by atoms with E-state index < -0.39 is 0 Å². The van der Waals surface area contributed by atoms with E-state index in [1.54, 1.807) is 0 Å². The van der Waals surface area contributed by atoms with E-state index in [1.807, 2.05) is 35.3 Å². The molecule has 0 N–H and O–H groups in total. The lowest BCUT2D eigenvalue weighted by Crippen LogP contribution is -2.19. The van der Waals surface area contributed by atoms with E-state index in [4.69, 9.17) is 0 Å². The Hall–Kier alpha value is 2.45. The third kappa shape index (κ3) is 11.6. The summed E-state index contributed by atoms with van der Waals surface area (Å²) in [5.74, 6) is 6.10. The molecule has 0 bridgehead atoms. The van der Waals surface area contributed by atoms with E-state index in [0.29, 0.717) is 21.0 Å². The topological polar surface area (TPSA) is 0 Å². The van der Waals surface area contributed by atoms with Crippen LogP contribution in [-0.4, -0.2) is 55.5 Å². The van der Waals surface area contributed by atoms with Gasteiger partial charge in [0.15, 0.2) is 0 Å². The Labute approximate surface area is 154 Å². The molecule has 0 saturated heterocycles. The first kappa shape index (κ1) is 21.4. The molecule has 0 heterocycles. The first-order valence-corrected chi connectivity index (χ1v) is 12.0. The zero-order valence-electron chi connectivity index (χ0n) is 11.6. The minimum Gasteiger partial charge on any atom is -0.178 e. The number of rotatable bonds is 12. The molecule has 0 aromatic heterocycles. The molecule has 0 aliphatic rings. The van der Waals surface area contributed by atoms with Crippen molar-refractivity contribution in [2.75, 3.05) is 34.5 Å². The molecular formula is C12H26S7. The van der Waals surface area contributed by atoms with Gasteiger partial charge in [0.2, 0.25) is 0 Å². The molecule has 0 fully saturated rings. The Morgan fingerprint density at radius 1 is 0.684 bits per heavy atom. The van der Waals surface area contributed by atoms with Crippen LogP contribution in [0.3, 0.4) is 0 Å². The van der Waals surface area contributed by atoms with Gasteiger partial charge in [0.1, 0.15) is 0 Å². The molecule has 0 amide bonds. The fourth-order valence-corrected chi connectivity index (χ4v) is 6.46. The van der Waals surface area contributed by atoms with E-state index >= 15 is 0 Å². The summed E-state index contributed by atoms with van der Waals surface area (Å²) in [6, 6.07) is 0. The van der Waals surface area contributed by atoms with Crippen molar-refractivity contribution in [1.29, 1.82) is 0 Å². The average molecular weight is 395 g/mol. The van der Waals surface area contributed by atoms with E-state index in [-0.39, 0.29) is 0 Å². The summed E-state index contributed by atoms with van der Waals surface area (Å²) in [4.78, 5) is 0. The normalized spacial score (nSPS) is 18.0. The lowest BCUT2D eigenvalue weighted by atomic mass is 10.5. The maximum atomic E-state index is 4.48. The van der Waals surface area contributed by atoms with Crippen LogP contribution in [0.5, 0.6) is 0 Å². The Balaban J connectivity index is 3.95. The Morgan fingerprint density at radius 2 is 1.21 bits per heavy atom. The van der Waals surface area contributed by atoms with Crippen LogP contribution >= 0.6 is 85.8 Å². The molecule has 0 radical (unpaired) electrons. The average Bonchev–Trinajstić information content (AvgIpc) is 2.45. The van der Waals surface area contributed by atoms with Gasteiger partial charge in [-0.2, -0.15) is 85.8 Å². The van der Waals surface area contributed by atoms with Crippen molar-refractivity contribution in [3.63, 3.8) is 0 Å². The molecule has 4 unspecified atom stereocenters. The van der Waals surface area contributed by atoms with Crippen molar-refractivity contribution in [1.82, 2.24) is 0 Å². The van der Waals surface area contributed by atoms with E-state index in [1.165, 1.54) is 5.75 Å².